The molecule has 0 saturated carbocycles. The van der Waals surface area contributed by atoms with Crippen LogP contribution in [0, 0.1) is 13.8 Å². The van der Waals surface area contributed by atoms with Crippen molar-refractivity contribution in [2.24, 2.45) is 0 Å². The second-order valence-corrected chi connectivity index (χ2v) is 10.5. The molecule has 1 aromatic rings. The zero-order valence-electron chi connectivity index (χ0n) is 14.1. The molecule has 0 aliphatic carbocycles. The molecule has 0 aromatic heterocycles. The Morgan fingerprint density at radius 1 is 1.30 bits per heavy atom. The van der Waals surface area contributed by atoms with Crippen molar-refractivity contribution in [3.05, 3.63) is 29.3 Å². The maximum atomic E-state index is 13.2. The van der Waals surface area contributed by atoms with E-state index in [0.717, 1.165) is 5.56 Å². The van der Waals surface area contributed by atoms with Gasteiger partial charge in [0.1, 0.15) is 0 Å². The molecule has 1 aliphatic heterocycles. The zero-order valence-corrected chi connectivity index (χ0v) is 15.7. The van der Waals surface area contributed by atoms with Crippen LogP contribution in [0.2, 0.25) is 0 Å². The van der Waals surface area contributed by atoms with Gasteiger partial charge >= 0.3 is 0 Å². The van der Waals surface area contributed by atoms with Crippen LogP contribution in [-0.4, -0.2) is 44.7 Å². The van der Waals surface area contributed by atoms with E-state index >= 15 is 0 Å². The van der Waals surface area contributed by atoms with E-state index in [-0.39, 0.29) is 22.4 Å². The topological polar surface area (TPSA) is 71.5 Å². The summed E-state index contributed by atoms with van der Waals surface area (Å²) in [4.78, 5) is 0.271. The summed E-state index contributed by atoms with van der Waals surface area (Å²) in [5, 5.41) is 0. The molecule has 0 radical (unpaired) electrons. The van der Waals surface area contributed by atoms with Gasteiger partial charge < -0.3 is 0 Å². The molecular weight excluding hydrogens is 334 g/mol. The van der Waals surface area contributed by atoms with E-state index in [1.165, 1.54) is 4.31 Å². The molecule has 1 saturated heterocycles. The van der Waals surface area contributed by atoms with E-state index in [9.17, 15) is 16.8 Å². The number of benzene rings is 1. The minimum absolute atomic E-state index is 0.0625. The molecule has 0 spiro atoms. The monoisotopic (exact) mass is 359 g/mol. The molecule has 0 bridgehead atoms. The standard InChI is InChI=1S/C16H25NO4S2/c1-5-14(4)17(15-8-9-22(18,19)11-15)23(20,21)16-7-6-12(2)10-13(16)3/h6-7,10,14-15H,5,8-9,11H2,1-4H3/t14-,15-/m0/s1. The first-order valence-electron chi connectivity index (χ1n) is 7.89. The number of aryl methyl sites for hydroxylation is 2. The summed E-state index contributed by atoms with van der Waals surface area (Å²) < 4.78 is 51.4. The van der Waals surface area contributed by atoms with Gasteiger partial charge in [-0.2, -0.15) is 4.31 Å². The number of hydrogen-bond donors (Lipinski definition) is 0. The van der Waals surface area contributed by atoms with Crippen LogP contribution < -0.4 is 0 Å². The molecule has 1 heterocycles. The van der Waals surface area contributed by atoms with Crippen molar-refractivity contribution in [1.29, 1.82) is 0 Å². The Bertz CT molecular complexity index is 784. The fourth-order valence-electron chi connectivity index (χ4n) is 3.15. The van der Waals surface area contributed by atoms with Crippen LogP contribution in [0.15, 0.2) is 23.1 Å². The molecule has 2 rings (SSSR count). The lowest BCUT2D eigenvalue weighted by molar-refractivity contribution is 0.271. The van der Waals surface area contributed by atoms with Crippen LogP contribution in [0.5, 0.6) is 0 Å². The number of rotatable bonds is 5. The Morgan fingerprint density at radius 2 is 1.96 bits per heavy atom. The summed E-state index contributed by atoms with van der Waals surface area (Å²) in [6, 6.07) is 4.53. The predicted molar refractivity (Wildman–Crippen MR) is 91.8 cm³/mol. The molecule has 1 fully saturated rings. The molecule has 130 valence electrons. The predicted octanol–water partition coefficient (Wildman–Crippen LogP) is 2.28. The first-order valence-corrected chi connectivity index (χ1v) is 11.2. The highest BCUT2D eigenvalue weighted by Gasteiger charge is 2.41. The maximum Gasteiger partial charge on any atom is 0.243 e. The van der Waals surface area contributed by atoms with Crippen molar-refractivity contribution in [2.75, 3.05) is 11.5 Å². The molecule has 0 N–H and O–H groups in total. The van der Waals surface area contributed by atoms with E-state index in [1.54, 1.807) is 19.1 Å². The Hall–Kier alpha value is -0.920. The quantitative estimate of drug-likeness (QED) is 0.808. The Morgan fingerprint density at radius 3 is 2.43 bits per heavy atom. The number of sulfonamides is 1. The normalized spacial score (nSPS) is 22.4. The lowest BCUT2D eigenvalue weighted by Gasteiger charge is -2.32. The largest absolute Gasteiger partial charge is 0.243 e. The third-order valence-corrected chi connectivity index (χ3v) is 8.46. The minimum Gasteiger partial charge on any atom is -0.229 e. The third-order valence-electron chi connectivity index (χ3n) is 4.48. The van der Waals surface area contributed by atoms with Gasteiger partial charge in [0.25, 0.3) is 0 Å². The summed E-state index contributed by atoms with van der Waals surface area (Å²) in [7, 11) is -6.87. The number of sulfone groups is 1. The number of hydrogen-bond acceptors (Lipinski definition) is 4. The summed E-state index contributed by atoms with van der Waals surface area (Å²) in [5.74, 6) is -0.0194. The smallest absolute Gasteiger partial charge is 0.229 e. The molecular formula is C16H25NO4S2. The Kier molecular flexibility index (Phi) is 5.23. The van der Waals surface area contributed by atoms with Crippen molar-refractivity contribution >= 4 is 19.9 Å². The lowest BCUT2D eigenvalue weighted by atomic mass is 10.2. The first-order chi connectivity index (χ1) is 10.6. The van der Waals surface area contributed by atoms with Gasteiger partial charge in [0.15, 0.2) is 9.84 Å². The van der Waals surface area contributed by atoms with E-state index in [4.69, 9.17) is 0 Å². The van der Waals surface area contributed by atoms with Gasteiger partial charge in [-0.3, -0.25) is 0 Å². The average molecular weight is 360 g/mol. The molecule has 23 heavy (non-hydrogen) atoms. The van der Waals surface area contributed by atoms with Gasteiger partial charge in [-0.05, 0) is 45.2 Å². The third kappa shape index (κ3) is 3.78. The van der Waals surface area contributed by atoms with E-state index in [0.29, 0.717) is 18.4 Å². The molecule has 1 aromatic carbocycles. The minimum atomic E-state index is -3.72. The highest BCUT2D eigenvalue weighted by Crippen LogP contribution is 2.30. The SMILES string of the molecule is CC[C@H](C)N([C@H]1CCS(=O)(=O)C1)S(=O)(=O)c1ccc(C)cc1C. The van der Waals surface area contributed by atoms with Crippen molar-refractivity contribution < 1.29 is 16.8 Å². The summed E-state index contributed by atoms with van der Waals surface area (Å²) in [6.07, 6.45) is 1.01. The summed E-state index contributed by atoms with van der Waals surface area (Å²) in [5.41, 5.74) is 1.69. The van der Waals surface area contributed by atoms with Crippen LogP contribution in [-0.2, 0) is 19.9 Å². The van der Waals surface area contributed by atoms with Gasteiger partial charge in [-0.1, -0.05) is 24.6 Å². The van der Waals surface area contributed by atoms with Gasteiger partial charge in [-0.15, -0.1) is 0 Å². The van der Waals surface area contributed by atoms with Gasteiger partial charge in [0.2, 0.25) is 10.0 Å². The highest BCUT2D eigenvalue weighted by molar-refractivity contribution is 7.92. The highest BCUT2D eigenvalue weighted by atomic mass is 32.2. The molecule has 0 unspecified atom stereocenters. The summed E-state index contributed by atoms with van der Waals surface area (Å²) in [6.45, 7) is 7.45. The first kappa shape index (κ1) is 18.4. The molecule has 7 heteroatoms. The Labute approximate surface area is 139 Å². The van der Waals surface area contributed by atoms with Crippen molar-refractivity contribution in [3.8, 4) is 0 Å². The second kappa shape index (κ2) is 6.53. The van der Waals surface area contributed by atoms with E-state index in [2.05, 4.69) is 0 Å². The summed E-state index contributed by atoms with van der Waals surface area (Å²) >= 11 is 0. The van der Waals surface area contributed by atoms with E-state index in [1.807, 2.05) is 26.8 Å². The molecule has 5 nitrogen and oxygen atoms in total. The van der Waals surface area contributed by atoms with Crippen LogP contribution in [0.1, 0.15) is 37.8 Å². The van der Waals surface area contributed by atoms with Crippen molar-refractivity contribution in [2.45, 2.75) is 57.5 Å². The zero-order chi connectivity index (χ0) is 17.4. The fourth-order valence-corrected chi connectivity index (χ4v) is 7.09. The average Bonchev–Trinajstić information content (AvgIpc) is 2.77. The van der Waals surface area contributed by atoms with Crippen LogP contribution in [0.25, 0.3) is 0 Å². The molecule has 0 amide bonds. The molecule has 2 atom stereocenters. The Balaban J connectivity index is 2.50. The van der Waals surface area contributed by atoms with Gasteiger partial charge in [-0.25, -0.2) is 16.8 Å². The second-order valence-electron chi connectivity index (χ2n) is 6.42. The van der Waals surface area contributed by atoms with Crippen molar-refractivity contribution in [3.63, 3.8) is 0 Å². The maximum absolute atomic E-state index is 13.2. The van der Waals surface area contributed by atoms with Gasteiger partial charge in [0, 0.05) is 12.1 Å². The fraction of sp³-hybridized carbons (Fsp3) is 0.625. The van der Waals surface area contributed by atoms with E-state index < -0.39 is 25.9 Å². The molecule has 1 aliphatic rings. The van der Waals surface area contributed by atoms with Crippen LogP contribution in [0.4, 0.5) is 0 Å². The van der Waals surface area contributed by atoms with Crippen LogP contribution in [0.3, 0.4) is 0 Å². The number of nitrogens with zero attached hydrogens (tertiary/aromatic N) is 1. The van der Waals surface area contributed by atoms with Crippen LogP contribution >= 0.6 is 0 Å². The lowest BCUT2D eigenvalue weighted by Crippen LogP contribution is -2.46. The van der Waals surface area contributed by atoms with Crippen molar-refractivity contribution in [1.82, 2.24) is 4.31 Å². The van der Waals surface area contributed by atoms with Gasteiger partial charge in [0.05, 0.1) is 16.4 Å².